The maximum absolute atomic E-state index is 11.3. The summed E-state index contributed by atoms with van der Waals surface area (Å²) in [5.41, 5.74) is 0. The molecule has 0 aromatic heterocycles. The van der Waals surface area contributed by atoms with Crippen LogP contribution in [-0.4, -0.2) is 47.9 Å². The molecule has 1 aliphatic rings. The number of rotatable bonds is 0. The standard InChI is InChI=1S/C10H16N2O/c1-5-10(13)12-7-6-11(4)8(2)9(12)3/h1,8-9H,6-7H2,2-4H3. The van der Waals surface area contributed by atoms with Gasteiger partial charge >= 0.3 is 0 Å². The van der Waals surface area contributed by atoms with Gasteiger partial charge in [-0.05, 0) is 26.8 Å². The second kappa shape index (κ2) is 3.80. The maximum atomic E-state index is 11.3. The zero-order valence-electron chi connectivity index (χ0n) is 8.45. The van der Waals surface area contributed by atoms with Gasteiger partial charge in [-0.15, -0.1) is 6.42 Å². The molecule has 1 amide bonds. The number of likely N-dealkylation sites (N-methyl/N-ethyl adjacent to an activating group) is 1. The molecule has 0 saturated carbocycles. The summed E-state index contributed by atoms with van der Waals surface area (Å²) in [6.07, 6.45) is 5.09. The molecule has 0 radical (unpaired) electrons. The summed E-state index contributed by atoms with van der Waals surface area (Å²) in [5, 5.41) is 0. The van der Waals surface area contributed by atoms with E-state index < -0.39 is 0 Å². The quantitative estimate of drug-likeness (QED) is 0.496. The van der Waals surface area contributed by atoms with E-state index in [1.165, 1.54) is 0 Å². The summed E-state index contributed by atoms with van der Waals surface area (Å²) < 4.78 is 0. The fourth-order valence-corrected chi connectivity index (χ4v) is 1.67. The molecule has 0 aromatic carbocycles. The van der Waals surface area contributed by atoms with E-state index in [0.29, 0.717) is 6.04 Å². The minimum Gasteiger partial charge on any atom is -0.326 e. The Morgan fingerprint density at radius 1 is 1.38 bits per heavy atom. The average molecular weight is 180 g/mol. The van der Waals surface area contributed by atoms with E-state index >= 15 is 0 Å². The largest absolute Gasteiger partial charge is 0.326 e. The molecule has 0 aromatic rings. The van der Waals surface area contributed by atoms with E-state index in [-0.39, 0.29) is 11.9 Å². The molecule has 2 atom stereocenters. The van der Waals surface area contributed by atoms with Crippen LogP contribution in [0.25, 0.3) is 0 Å². The summed E-state index contributed by atoms with van der Waals surface area (Å²) in [6, 6.07) is 0.591. The van der Waals surface area contributed by atoms with Crippen molar-refractivity contribution >= 4 is 5.91 Å². The van der Waals surface area contributed by atoms with Crippen molar-refractivity contribution in [3.63, 3.8) is 0 Å². The van der Waals surface area contributed by atoms with Crippen LogP contribution in [0.4, 0.5) is 0 Å². The van der Waals surface area contributed by atoms with E-state index in [1.807, 2.05) is 6.92 Å². The van der Waals surface area contributed by atoms with Gasteiger partial charge in [-0.25, -0.2) is 0 Å². The predicted molar refractivity (Wildman–Crippen MR) is 52.1 cm³/mol. The Kier molecular flexibility index (Phi) is 2.94. The fourth-order valence-electron chi connectivity index (χ4n) is 1.67. The van der Waals surface area contributed by atoms with E-state index in [1.54, 1.807) is 4.90 Å². The highest BCUT2D eigenvalue weighted by atomic mass is 16.2. The Morgan fingerprint density at radius 3 is 2.54 bits per heavy atom. The monoisotopic (exact) mass is 180 g/mol. The van der Waals surface area contributed by atoms with Crippen molar-refractivity contribution in [3.05, 3.63) is 0 Å². The number of carbonyl (C=O) groups is 1. The maximum Gasteiger partial charge on any atom is 0.298 e. The lowest BCUT2D eigenvalue weighted by Gasteiger charge is -2.42. The van der Waals surface area contributed by atoms with Gasteiger partial charge in [0.05, 0.1) is 0 Å². The number of piperazine rings is 1. The van der Waals surface area contributed by atoms with Crippen LogP contribution < -0.4 is 0 Å². The third-order valence-electron chi connectivity index (χ3n) is 2.96. The second-order valence-corrected chi connectivity index (χ2v) is 3.60. The Labute approximate surface area is 79.7 Å². The minimum absolute atomic E-state index is 0.188. The van der Waals surface area contributed by atoms with Crippen molar-refractivity contribution in [1.82, 2.24) is 9.80 Å². The third-order valence-corrected chi connectivity index (χ3v) is 2.96. The van der Waals surface area contributed by atoms with Gasteiger partial charge in [-0.3, -0.25) is 9.69 Å². The summed E-state index contributed by atoms with van der Waals surface area (Å²) >= 11 is 0. The molecule has 1 rings (SSSR count). The van der Waals surface area contributed by atoms with Crippen LogP contribution >= 0.6 is 0 Å². The summed E-state index contributed by atoms with van der Waals surface area (Å²) in [4.78, 5) is 15.3. The lowest BCUT2D eigenvalue weighted by atomic mass is 10.1. The van der Waals surface area contributed by atoms with Gasteiger partial charge < -0.3 is 4.90 Å². The van der Waals surface area contributed by atoms with Crippen LogP contribution in [0.1, 0.15) is 13.8 Å². The third kappa shape index (κ3) is 1.84. The van der Waals surface area contributed by atoms with Gasteiger partial charge in [0, 0.05) is 25.2 Å². The number of carbonyl (C=O) groups excluding carboxylic acids is 1. The lowest BCUT2D eigenvalue weighted by Crippen LogP contribution is -2.57. The smallest absolute Gasteiger partial charge is 0.298 e. The lowest BCUT2D eigenvalue weighted by molar-refractivity contribution is -0.130. The molecule has 1 heterocycles. The number of hydrogen-bond donors (Lipinski definition) is 0. The van der Waals surface area contributed by atoms with Crippen molar-refractivity contribution in [2.45, 2.75) is 25.9 Å². The second-order valence-electron chi connectivity index (χ2n) is 3.60. The molecule has 0 bridgehead atoms. The molecular weight excluding hydrogens is 164 g/mol. The Bertz CT molecular complexity index is 244. The number of hydrogen-bond acceptors (Lipinski definition) is 2. The van der Waals surface area contributed by atoms with Crippen LogP contribution in [0, 0.1) is 12.3 Å². The van der Waals surface area contributed by atoms with E-state index in [9.17, 15) is 4.79 Å². The van der Waals surface area contributed by atoms with Gasteiger partial charge in [0.25, 0.3) is 5.91 Å². The van der Waals surface area contributed by atoms with Crippen molar-refractivity contribution < 1.29 is 4.79 Å². The van der Waals surface area contributed by atoms with Crippen LogP contribution in [0.5, 0.6) is 0 Å². The molecule has 3 nitrogen and oxygen atoms in total. The molecule has 13 heavy (non-hydrogen) atoms. The van der Waals surface area contributed by atoms with Crippen molar-refractivity contribution in [3.8, 4) is 12.3 Å². The summed E-state index contributed by atoms with van der Waals surface area (Å²) in [6.45, 7) is 5.79. The SMILES string of the molecule is C#CC(=O)N1CCN(C)C(C)C1C. The number of nitrogens with zero attached hydrogens (tertiary/aromatic N) is 2. The summed E-state index contributed by atoms with van der Waals surface area (Å²) in [7, 11) is 2.07. The zero-order chi connectivity index (χ0) is 10.0. The number of terminal acetylenes is 1. The van der Waals surface area contributed by atoms with Gasteiger partial charge in [-0.2, -0.15) is 0 Å². The Hall–Kier alpha value is -1.01. The zero-order valence-corrected chi connectivity index (χ0v) is 8.45. The Balaban J connectivity index is 2.70. The van der Waals surface area contributed by atoms with Crippen LogP contribution in [0.3, 0.4) is 0 Å². The molecule has 0 spiro atoms. The normalized spacial score (nSPS) is 29.8. The average Bonchev–Trinajstić information content (AvgIpc) is 2.13. The minimum atomic E-state index is -0.188. The number of amides is 1. The first-order valence-electron chi connectivity index (χ1n) is 4.55. The van der Waals surface area contributed by atoms with Gasteiger partial charge in [-0.1, -0.05) is 0 Å². The molecule has 0 aliphatic carbocycles. The van der Waals surface area contributed by atoms with Crippen LogP contribution in [0.15, 0.2) is 0 Å². The van der Waals surface area contributed by atoms with Crippen LogP contribution in [-0.2, 0) is 4.79 Å². The van der Waals surface area contributed by atoms with Crippen molar-refractivity contribution in [2.75, 3.05) is 20.1 Å². The fraction of sp³-hybridized carbons (Fsp3) is 0.700. The molecule has 3 heteroatoms. The molecule has 0 N–H and O–H groups in total. The van der Waals surface area contributed by atoms with Gasteiger partial charge in [0.2, 0.25) is 0 Å². The van der Waals surface area contributed by atoms with Crippen LogP contribution in [0.2, 0.25) is 0 Å². The Morgan fingerprint density at radius 2 is 2.00 bits per heavy atom. The van der Waals surface area contributed by atoms with Crippen molar-refractivity contribution in [2.24, 2.45) is 0 Å². The highest BCUT2D eigenvalue weighted by molar-refractivity contribution is 5.93. The topological polar surface area (TPSA) is 23.6 Å². The molecule has 72 valence electrons. The van der Waals surface area contributed by atoms with E-state index in [2.05, 4.69) is 24.8 Å². The molecule has 1 aliphatic heterocycles. The molecule has 2 unspecified atom stereocenters. The molecular formula is C10H16N2O. The molecule has 1 saturated heterocycles. The first-order valence-corrected chi connectivity index (χ1v) is 4.55. The predicted octanol–water partition coefficient (Wildman–Crippen LogP) is 0.171. The van der Waals surface area contributed by atoms with Gasteiger partial charge in [0.15, 0.2) is 0 Å². The molecule has 1 fully saturated rings. The highest BCUT2D eigenvalue weighted by Gasteiger charge is 2.30. The van der Waals surface area contributed by atoms with Gasteiger partial charge in [0.1, 0.15) is 0 Å². The van der Waals surface area contributed by atoms with E-state index in [0.717, 1.165) is 13.1 Å². The first-order chi connectivity index (χ1) is 6.07. The van der Waals surface area contributed by atoms with E-state index in [4.69, 9.17) is 6.42 Å². The first kappa shape index (κ1) is 10.1. The highest BCUT2D eigenvalue weighted by Crippen LogP contribution is 2.14. The summed E-state index contributed by atoms with van der Waals surface area (Å²) in [5.74, 6) is 1.98. The van der Waals surface area contributed by atoms with Crippen molar-refractivity contribution in [1.29, 1.82) is 0 Å².